The molecule has 3 atom stereocenters. The zero-order valence-corrected chi connectivity index (χ0v) is 31.2. The van der Waals surface area contributed by atoms with Gasteiger partial charge in [-0.3, -0.25) is 33.3 Å². The molecule has 22 nitrogen and oxygen atoms in total. The number of hydrogen-bond acceptors (Lipinski definition) is 14. The van der Waals surface area contributed by atoms with Crippen LogP contribution in [-0.4, -0.2) is 94.8 Å². The first-order valence-corrected chi connectivity index (χ1v) is 18.6. The van der Waals surface area contributed by atoms with Crippen molar-refractivity contribution in [3.63, 3.8) is 0 Å². The number of ether oxygens (including phenoxy) is 2. The summed E-state index contributed by atoms with van der Waals surface area (Å²) in [5, 5.41) is 16.4. The van der Waals surface area contributed by atoms with Gasteiger partial charge in [0.1, 0.15) is 29.9 Å². The first kappa shape index (κ1) is 41.0. The number of azide groups is 1. The Hall–Kier alpha value is -6.64. The number of para-hydroxylation sites is 1. The van der Waals surface area contributed by atoms with Gasteiger partial charge in [0.15, 0.2) is 5.78 Å². The number of Topliss-reactive ketones (excluding diaryl/α,β-unsaturated/α-hetero) is 1. The van der Waals surface area contributed by atoms with E-state index in [0.29, 0.717) is 16.5 Å². The Bertz CT molecular complexity index is 2750. The van der Waals surface area contributed by atoms with Crippen molar-refractivity contribution >= 4 is 53.1 Å². The minimum absolute atomic E-state index is 0.0476. The maximum Gasteiger partial charge on any atom is 0.469 e. The van der Waals surface area contributed by atoms with Crippen molar-refractivity contribution in [2.75, 3.05) is 19.8 Å². The number of benzene rings is 1. The SMILES string of the molecule is CC(=O)NC1=CC(=O)c2ccc(-c3nc(C(=O)OCCOP(=O)(O)O)cc4c3[nH]c3ccccc34)nc2C1=O.Cc1cn([C@H]2C[C@H](N=[N+]=[N-])[C@@H](CO)O2)c(=O)[nH]c1=O. The van der Waals surface area contributed by atoms with Crippen molar-refractivity contribution in [1.82, 2.24) is 29.8 Å². The summed E-state index contributed by atoms with van der Waals surface area (Å²) < 4.78 is 26.9. The number of hydrogen-bond donors (Lipinski definition) is 6. The van der Waals surface area contributed by atoms with Gasteiger partial charge in [0.25, 0.3) is 5.56 Å². The van der Waals surface area contributed by atoms with E-state index in [-0.39, 0.29) is 47.1 Å². The lowest BCUT2D eigenvalue weighted by atomic mass is 9.96. The molecule has 0 saturated carbocycles. The van der Waals surface area contributed by atoms with E-state index in [0.717, 1.165) is 17.0 Å². The molecule has 4 aromatic heterocycles. The van der Waals surface area contributed by atoms with Crippen molar-refractivity contribution in [2.24, 2.45) is 5.11 Å². The third-order valence-corrected chi connectivity index (χ3v) is 9.29. The van der Waals surface area contributed by atoms with Crippen LogP contribution in [0.25, 0.3) is 43.6 Å². The molecule has 7 rings (SSSR count). The van der Waals surface area contributed by atoms with Gasteiger partial charge >= 0.3 is 19.5 Å². The molecule has 1 saturated heterocycles. The first-order valence-electron chi connectivity index (χ1n) is 17.1. The number of pyridine rings is 2. The Morgan fingerprint density at radius 3 is 2.55 bits per heavy atom. The van der Waals surface area contributed by atoms with Gasteiger partial charge in [-0.1, -0.05) is 23.3 Å². The topological polar surface area (TPSA) is 331 Å². The molecule has 23 heteroatoms. The highest BCUT2D eigenvalue weighted by Crippen LogP contribution is 2.36. The molecule has 1 aliphatic heterocycles. The van der Waals surface area contributed by atoms with Gasteiger partial charge < -0.3 is 34.7 Å². The summed E-state index contributed by atoms with van der Waals surface area (Å²) in [6.45, 7) is 1.48. The van der Waals surface area contributed by atoms with E-state index in [2.05, 4.69) is 39.8 Å². The van der Waals surface area contributed by atoms with E-state index >= 15 is 0 Å². The third-order valence-electron chi connectivity index (χ3n) is 8.77. The fourth-order valence-corrected chi connectivity index (χ4v) is 6.50. The van der Waals surface area contributed by atoms with Crippen molar-refractivity contribution in [2.45, 2.75) is 38.6 Å². The second-order valence-corrected chi connectivity index (χ2v) is 14.0. The van der Waals surface area contributed by atoms with Crippen LogP contribution < -0.4 is 16.6 Å². The van der Waals surface area contributed by atoms with Gasteiger partial charge in [0.05, 0.1) is 47.8 Å². The van der Waals surface area contributed by atoms with Crippen LogP contribution in [0.4, 0.5) is 0 Å². The molecular formula is C35H32N9O13P. The van der Waals surface area contributed by atoms with Crippen LogP contribution in [0.1, 0.15) is 56.5 Å². The van der Waals surface area contributed by atoms with Gasteiger partial charge in [-0.25, -0.2) is 24.1 Å². The molecule has 0 bridgehead atoms. The molecule has 1 fully saturated rings. The summed E-state index contributed by atoms with van der Waals surface area (Å²) in [5.74, 6) is -2.58. The number of aliphatic hydroxyl groups excluding tert-OH is 1. The lowest BCUT2D eigenvalue weighted by Crippen LogP contribution is -2.33. The summed E-state index contributed by atoms with van der Waals surface area (Å²) in [6, 6.07) is 11.1. The predicted octanol–water partition coefficient (Wildman–Crippen LogP) is 2.25. The number of allylic oxidation sites excluding steroid dienone is 2. The average Bonchev–Trinajstić information content (AvgIpc) is 3.77. The van der Waals surface area contributed by atoms with E-state index < -0.39 is 74.1 Å². The van der Waals surface area contributed by atoms with Crippen LogP contribution in [0, 0.1) is 6.92 Å². The minimum Gasteiger partial charge on any atom is -0.458 e. The quantitative estimate of drug-likeness (QED) is 0.0294. The van der Waals surface area contributed by atoms with E-state index in [1.165, 1.54) is 35.9 Å². The zero-order chi connectivity index (χ0) is 41.9. The number of phosphoric acid groups is 1. The molecular weight excluding hydrogens is 785 g/mol. The molecule has 5 heterocycles. The van der Waals surface area contributed by atoms with Crippen LogP contribution in [-0.2, 0) is 23.4 Å². The maximum atomic E-state index is 13.0. The summed E-state index contributed by atoms with van der Waals surface area (Å²) in [5.41, 5.74) is 8.85. The van der Waals surface area contributed by atoms with Crippen molar-refractivity contribution in [3.8, 4) is 11.4 Å². The Labute approximate surface area is 324 Å². The lowest BCUT2D eigenvalue weighted by Gasteiger charge is -2.15. The third kappa shape index (κ3) is 8.83. The Morgan fingerprint density at radius 1 is 1.09 bits per heavy atom. The van der Waals surface area contributed by atoms with Gasteiger partial charge in [0, 0.05) is 52.4 Å². The Morgan fingerprint density at radius 2 is 1.84 bits per heavy atom. The number of amides is 1. The second kappa shape index (κ2) is 16.8. The molecule has 1 aliphatic carbocycles. The van der Waals surface area contributed by atoms with Crippen molar-refractivity contribution in [1.29, 1.82) is 0 Å². The average molecular weight is 818 g/mol. The first-order chi connectivity index (χ1) is 27.6. The molecule has 0 spiro atoms. The highest BCUT2D eigenvalue weighted by molar-refractivity contribution is 7.46. The molecule has 1 aromatic carbocycles. The van der Waals surface area contributed by atoms with E-state index in [1.54, 1.807) is 6.92 Å². The number of phosphoric ester groups is 1. The molecule has 0 radical (unpaired) electrons. The second-order valence-electron chi connectivity index (χ2n) is 12.7. The fraction of sp³-hybridized carbons (Fsp3) is 0.257. The van der Waals surface area contributed by atoms with Crippen molar-refractivity contribution < 1.29 is 52.6 Å². The van der Waals surface area contributed by atoms with Gasteiger partial charge in [-0.15, -0.1) is 0 Å². The van der Waals surface area contributed by atoms with Crippen LogP contribution in [0.5, 0.6) is 0 Å². The highest BCUT2D eigenvalue weighted by Gasteiger charge is 2.36. The van der Waals surface area contributed by atoms with Crippen molar-refractivity contribution in [3.05, 3.63) is 114 Å². The van der Waals surface area contributed by atoms with E-state index in [4.69, 9.17) is 29.9 Å². The number of fused-ring (bicyclic) bond motifs is 4. The van der Waals surface area contributed by atoms with Gasteiger partial charge in [-0.2, -0.15) is 0 Å². The minimum atomic E-state index is -4.73. The largest absolute Gasteiger partial charge is 0.469 e. The summed E-state index contributed by atoms with van der Waals surface area (Å²) in [4.78, 5) is 107. The highest BCUT2D eigenvalue weighted by atomic mass is 31.2. The van der Waals surface area contributed by atoms with Gasteiger partial charge in [-0.05, 0) is 36.7 Å². The molecule has 58 heavy (non-hydrogen) atoms. The lowest BCUT2D eigenvalue weighted by molar-refractivity contribution is -0.118. The number of esters is 1. The number of aromatic nitrogens is 5. The number of nitrogens with zero attached hydrogens (tertiary/aromatic N) is 6. The number of nitrogens with one attached hydrogen (secondary N) is 3. The molecule has 6 N–H and O–H groups in total. The predicted molar refractivity (Wildman–Crippen MR) is 200 cm³/mol. The van der Waals surface area contributed by atoms with Crippen LogP contribution in [0.3, 0.4) is 0 Å². The van der Waals surface area contributed by atoms with E-state index in [9.17, 15) is 33.3 Å². The van der Waals surface area contributed by atoms with Crippen LogP contribution in [0.2, 0.25) is 0 Å². The summed E-state index contributed by atoms with van der Waals surface area (Å²) in [7, 11) is -4.73. The Kier molecular flexibility index (Phi) is 11.9. The standard InChI is InChI=1S/C25H19N4O9P.C10H13N5O4/c1-12(30)26-18-11-20(31)14-6-7-17(28-22(14)24(18)32)23-21-15(13-4-2-3-5-16(13)27-21)10-19(29-23)25(33)37-8-9-38-39(34,35)36;1-5-3-15(10(18)12-9(5)17)8-2-6(13-14-11)7(4-16)19-8/h2-7,10-11,27H,8-9H2,1H3,(H,26,30)(H2,34,35,36);3,6-8,16H,2,4H2,1H3,(H,12,17,18)/t;6-,7+,8+/m.0/s1. The molecule has 300 valence electrons. The zero-order valence-electron chi connectivity index (χ0n) is 30.3. The van der Waals surface area contributed by atoms with Crippen LogP contribution in [0.15, 0.2) is 75.1 Å². The number of aromatic amines is 2. The smallest absolute Gasteiger partial charge is 0.458 e. The molecule has 0 unspecified atom stereocenters. The number of rotatable bonds is 10. The monoisotopic (exact) mass is 817 g/mol. The number of ketones is 2. The van der Waals surface area contributed by atoms with E-state index in [1.807, 2.05) is 24.3 Å². The molecule has 1 amide bonds. The Balaban J connectivity index is 0.000000250. The van der Waals surface area contributed by atoms with Gasteiger partial charge in [0.2, 0.25) is 11.7 Å². The number of aryl methyl sites for hydroxylation is 1. The fourth-order valence-electron chi connectivity index (χ4n) is 6.19. The van der Waals surface area contributed by atoms with Crippen LogP contribution >= 0.6 is 7.82 Å². The molecule has 5 aromatic rings. The molecule has 2 aliphatic rings. The normalized spacial score (nSPS) is 17.5. The summed E-state index contributed by atoms with van der Waals surface area (Å²) in [6.07, 6.45) is 1.36. The number of aliphatic hydroxyl groups is 1. The number of H-pyrrole nitrogens is 2. The maximum absolute atomic E-state index is 13.0. The summed E-state index contributed by atoms with van der Waals surface area (Å²) >= 11 is 0. The number of carbonyl (C=O) groups excluding carboxylic acids is 4. The number of carbonyl (C=O) groups is 4.